The molecule has 0 aromatic carbocycles. The lowest BCUT2D eigenvalue weighted by Crippen LogP contribution is -2.35. The summed E-state index contributed by atoms with van der Waals surface area (Å²) >= 11 is 5.89. The van der Waals surface area contributed by atoms with Crippen LogP contribution in [-0.2, 0) is 0 Å². The minimum Gasteiger partial charge on any atom is -0.384 e. The lowest BCUT2D eigenvalue weighted by atomic mass is 9.90. The van der Waals surface area contributed by atoms with Crippen LogP contribution in [0.15, 0.2) is 30.7 Å². The van der Waals surface area contributed by atoms with Crippen molar-refractivity contribution in [3.8, 4) is 5.82 Å². The Bertz CT molecular complexity index is 996. The van der Waals surface area contributed by atoms with E-state index in [2.05, 4.69) is 40.6 Å². The summed E-state index contributed by atoms with van der Waals surface area (Å²) in [5.41, 5.74) is 1.02. The summed E-state index contributed by atoms with van der Waals surface area (Å²) in [6.45, 7) is 4.85. The lowest BCUT2D eigenvalue weighted by molar-refractivity contribution is 0.343. The second-order valence-electron chi connectivity index (χ2n) is 8.43. The van der Waals surface area contributed by atoms with Gasteiger partial charge in [0.1, 0.15) is 0 Å². The summed E-state index contributed by atoms with van der Waals surface area (Å²) in [4.78, 5) is 16.8. The lowest BCUT2D eigenvalue weighted by Gasteiger charge is -2.32. The minimum absolute atomic E-state index is 0.585. The molecule has 2 aliphatic rings. The maximum atomic E-state index is 5.89. The van der Waals surface area contributed by atoms with Crippen molar-refractivity contribution >= 4 is 23.2 Å². The van der Waals surface area contributed by atoms with Crippen LogP contribution in [0.25, 0.3) is 5.82 Å². The molecule has 1 saturated carbocycles. The first-order valence-electron chi connectivity index (χ1n) is 10.8. The summed E-state index contributed by atoms with van der Waals surface area (Å²) in [5, 5.41) is 16.1. The van der Waals surface area contributed by atoms with Gasteiger partial charge >= 0.3 is 0 Å². The van der Waals surface area contributed by atoms with Gasteiger partial charge < -0.3 is 10.2 Å². The van der Waals surface area contributed by atoms with E-state index in [0.717, 1.165) is 49.0 Å². The van der Waals surface area contributed by atoms with Crippen molar-refractivity contribution in [2.75, 3.05) is 29.9 Å². The van der Waals surface area contributed by atoms with Crippen molar-refractivity contribution in [1.29, 1.82) is 0 Å². The predicted octanol–water partition coefficient (Wildman–Crippen LogP) is 3.16. The zero-order chi connectivity index (χ0) is 21.2. The molecule has 31 heavy (non-hydrogen) atoms. The summed E-state index contributed by atoms with van der Waals surface area (Å²) in [6.07, 6.45) is 10.2. The van der Waals surface area contributed by atoms with E-state index in [1.165, 1.54) is 30.5 Å². The van der Waals surface area contributed by atoms with Crippen LogP contribution in [0.4, 0.5) is 11.6 Å². The molecule has 0 spiro atoms. The number of pyridine rings is 1. The normalized spacial score (nSPS) is 21.3. The van der Waals surface area contributed by atoms with Gasteiger partial charge in [0, 0.05) is 19.6 Å². The average molecular weight is 440 g/mol. The van der Waals surface area contributed by atoms with Crippen LogP contribution in [-0.4, -0.2) is 54.8 Å². The van der Waals surface area contributed by atoms with E-state index >= 15 is 0 Å². The fourth-order valence-corrected chi connectivity index (χ4v) is 4.67. The van der Waals surface area contributed by atoms with E-state index in [1.807, 2.05) is 25.3 Å². The van der Waals surface area contributed by atoms with Gasteiger partial charge in [-0.3, -0.25) is 0 Å². The van der Waals surface area contributed by atoms with Gasteiger partial charge in [-0.2, -0.15) is 0 Å². The topological polar surface area (TPSA) is 97.5 Å². The Morgan fingerprint density at radius 2 is 1.90 bits per heavy atom. The van der Waals surface area contributed by atoms with Crippen molar-refractivity contribution in [3.05, 3.63) is 41.6 Å². The van der Waals surface area contributed by atoms with Gasteiger partial charge in [-0.05, 0) is 67.7 Å². The third kappa shape index (κ3) is 4.76. The SMILES string of the molecule is Cc1nnn(-c2ccc(NCC[C@@H]3C[C@@H]3C3CCN(c4ncc(Cl)cn4)CC3)cn2)n1. The second-order valence-corrected chi connectivity index (χ2v) is 8.87. The standard InChI is InChI=1S/C21H26ClN9/c1-14-27-29-31(28-14)20-3-2-18(13-24-20)23-7-4-16-10-19(16)15-5-8-30(9-6-15)21-25-11-17(22)12-26-21/h2-3,11-13,15-16,19,23H,4-10H2,1H3/t16-,19-/m1/s1. The van der Waals surface area contributed by atoms with Crippen molar-refractivity contribution in [3.63, 3.8) is 0 Å². The van der Waals surface area contributed by atoms with E-state index < -0.39 is 0 Å². The molecule has 5 rings (SSSR count). The molecular formula is C21H26ClN9. The number of tetrazole rings is 1. The highest BCUT2D eigenvalue weighted by Gasteiger charge is 2.43. The van der Waals surface area contributed by atoms with Gasteiger partial charge in [-0.25, -0.2) is 15.0 Å². The van der Waals surface area contributed by atoms with E-state index in [0.29, 0.717) is 16.7 Å². The van der Waals surface area contributed by atoms with Crippen molar-refractivity contribution in [1.82, 2.24) is 35.2 Å². The molecule has 1 N–H and O–H groups in total. The largest absolute Gasteiger partial charge is 0.384 e. The highest BCUT2D eigenvalue weighted by molar-refractivity contribution is 6.30. The van der Waals surface area contributed by atoms with Crippen molar-refractivity contribution in [2.24, 2.45) is 17.8 Å². The maximum Gasteiger partial charge on any atom is 0.225 e. The molecule has 3 aromatic rings. The Labute approximate surface area is 186 Å². The molecule has 0 bridgehead atoms. The van der Waals surface area contributed by atoms with Crippen LogP contribution in [0.2, 0.25) is 5.02 Å². The van der Waals surface area contributed by atoms with E-state index in [-0.39, 0.29) is 0 Å². The molecule has 1 aliphatic carbocycles. The number of nitrogens with zero attached hydrogens (tertiary/aromatic N) is 8. The number of hydrogen-bond acceptors (Lipinski definition) is 8. The number of rotatable bonds is 7. The molecule has 3 aromatic heterocycles. The summed E-state index contributed by atoms with van der Waals surface area (Å²) in [5.74, 6) is 4.64. The van der Waals surface area contributed by atoms with Gasteiger partial charge in [0.15, 0.2) is 11.6 Å². The zero-order valence-electron chi connectivity index (χ0n) is 17.5. The summed E-state index contributed by atoms with van der Waals surface area (Å²) < 4.78 is 0. The fraction of sp³-hybridized carbons (Fsp3) is 0.524. The number of halogens is 1. The second kappa shape index (κ2) is 8.74. The van der Waals surface area contributed by atoms with E-state index in [1.54, 1.807) is 12.4 Å². The molecular weight excluding hydrogens is 414 g/mol. The Balaban J connectivity index is 1.03. The fourth-order valence-electron chi connectivity index (χ4n) is 4.57. The Kier molecular flexibility index (Phi) is 5.67. The molecule has 162 valence electrons. The number of aromatic nitrogens is 7. The zero-order valence-corrected chi connectivity index (χ0v) is 18.3. The number of aryl methyl sites for hydroxylation is 1. The minimum atomic E-state index is 0.585. The van der Waals surface area contributed by atoms with Crippen LogP contribution < -0.4 is 10.2 Å². The van der Waals surface area contributed by atoms with Gasteiger partial charge in [-0.15, -0.1) is 15.0 Å². The molecule has 1 saturated heterocycles. The number of hydrogen-bond donors (Lipinski definition) is 1. The highest BCUT2D eigenvalue weighted by atomic mass is 35.5. The Morgan fingerprint density at radius 1 is 1.10 bits per heavy atom. The molecule has 0 unspecified atom stereocenters. The van der Waals surface area contributed by atoms with Crippen LogP contribution >= 0.6 is 11.6 Å². The van der Waals surface area contributed by atoms with Gasteiger partial charge in [0.2, 0.25) is 5.95 Å². The van der Waals surface area contributed by atoms with Gasteiger partial charge in [0.25, 0.3) is 0 Å². The molecule has 0 radical (unpaired) electrons. The summed E-state index contributed by atoms with van der Waals surface area (Å²) in [6, 6.07) is 3.92. The Morgan fingerprint density at radius 3 is 2.58 bits per heavy atom. The molecule has 4 heterocycles. The number of nitrogens with one attached hydrogen (secondary N) is 1. The smallest absolute Gasteiger partial charge is 0.225 e. The molecule has 10 heteroatoms. The molecule has 9 nitrogen and oxygen atoms in total. The monoisotopic (exact) mass is 439 g/mol. The third-order valence-corrected chi connectivity index (χ3v) is 6.52. The summed E-state index contributed by atoms with van der Waals surface area (Å²) in [7, 11) is 0. The van der Waals surface area contributed by atoms with E-state index in [9.17, 15) is 0 Å². The van der Waals surface area contributed by atoms with Crippen LogP contribution in [0.5, 0.6) is 0 Å². The van der Waals surface area contributed by atoms with Crippen LogP contribution in [0.3, 0.4) is 0 Å². The first kappa shape index (κ1) is 20.1. The molecule has 2 fully saturated rings. The maximum absolute atomic E-state index is 5.89. The van der Waals surface area contributed by atoms with Crippen molar-refractivity contribution < 1.29 is 0 Å². The molecule has 1 aliphatic heterocycles. The van der Waals surface area contributed by atoms with Crippen LogP contribution in [0.1, 0.15) is 31.5 Å². The number of piperidine rings is 1. The quantitative estimate of drug-likeness (QED) is 0.599. The van der Waals surface area contributed by atoms with E-state index in [4.69, 9.17) is 11.6 Å². The molecule has 2 atom stereocenters. The first-order valence-corrected chi connectivity index (χ1v) is 11.2. The molecule has 0 amide bonds. The third-order valence-electron chi connectivity index (χ3n) is 6.32. The number of anilines is 2. The predicted molar refractivity (Wildman–Crippen MR) is 118 cm³/mol. The Hall–Kier alpha value is -2.81. The van der Waals surface area contributed by atoms with Crippen LogP contribution in [0, 0.1) is 24.7 Å². The van der Waals surface area contributed by atoms with Crippen molar-refractivity contribution in [2.45, 2.75) is 32.6 Å². The highest BCUT2D eigenvalue weighted by Crippen LogP contribution is 2.49. The average Bonchev–Trinajstić information content (AvgIpc) is 3.44. The van der Waals surface area contributed by atoms with Gasteiger partial charge in [-0.1, -0.05) is 11.6 Å². The first-order chi connectivity index (χ1) is 15.2. The van der Waals surface area contributed by atoms with Gasteiger partial charge in [0.05, 0.1) is 29.3 Å².